The molecule has 1 N–H and O–H groups in total. The van der Waals surface area contributed by atoms with Gasteiger partial charge in [0.2, 0.25) is 5.88 Å². The Bertz CT molecular complexity index is 339. The molecule has 0 spiro atoms. The average molecular weight is 236 g/mol. The second-order valence-electron chi connectivity index (χ2n) is 4.39. The van der Waals surface area contributed by atoms with Crippen LogP contribution in [0.3, 0.4) is 0 Å². The van der Waals surface area contributed by atoms with E-state index in [4.69, 9.17) is 4.74 Å². The Hall–Kier alpha value is -1.09. The van der Waals surface area contributed by atoms with Crippen molar-refractivity contribution < 1.29 is 4.74 Å². The maximum Gasteiger partial charge on any atom is 0.213 e. The molecule has 96 valence electrons. The van der Waals surface area contributed by atoms with Crippen molar-refractivity contribution in [2.45, 2.75) is 53.2 Å². The van der Waals surface area contributed by atoms with Gasteiger partial charge in [-0.05, 0) is 32.4 Å². The quantitative estimate of drug-likeness (QED) is 0.790. The number of hydrogen-bond donors (Lipinski definition) is 1. The van der Waals surface area contributed by atoms with E-state index in [2.05, 4.69) is 37.1 Å². The molecule has 0 saturated heterocycles. The van der Waals surface area contributed by atoms with Crippen molar-refractivity contribution in [2.75, 3.05) is 6.54 Å². The highest BCUT2D eigenvalue weighted by atomic mass is 16.5. The number of aromatic nitrogens is 1. The van der Waals surface area contributed by atoms with Gasteiger partial charge in [0, 0.05) is 18.3 Å². The number of hydrogen-bond acceptors (Lipinski definition) is 3. The van der Waals surface area contributed by atoms with Crippen LogP contribution in [0.2, 0.25) is 0 Å². The smallest absolute Gasteiger partial charge is 0.213 e. The number of aryl methyl sites for hydroxylation is 1. The summed E-state index contributed by atoms with van der Waals surface area (Å²) >= 11 is 0. The van der Waals surface area contributed by atoms with E-state index in [9.17, 15) is 0 Å². The summed E-state index contributed by atoms with van der Waals surface area (Å²) in [7, 11) is 0. The van der Waals surface area contributed by atoms with Gasteiger partial charge in [0.15, 0.2) is 0 Å². The number of pyridine rings is 1. The van der Waals surface area contributed by atoms with Crippen LogP contribution >= 0.6 is 0 Å². The van der Waals surface area contributed by atoms with Crippen molar-refractivity contribution in [1.82, 2.24) is 10.3 Å². The molecule has 0 aliphatic heterocycles. The molecule has 1 heterocycles. The summed E-state index contributed by atoms with van der Waals surface area (Å²) in [5, 5.41) is 3.31. The van der Waals surface area contributed by atoms with Gasteiger partial charge >= 0.3 is 0 Å². The van der Waals surface area contributed by atoms with Crippen LogP contribution in [0.15, 0.2) is 12.1 Å². The van der Waals surface area contributed by atoms with Gasteiger partial charge in [-0.3, -0.25) is 0 Å². The molecule has 0 aromatic carbocycles. The van der Waals surface area contributed by atoms with E-state index in [0.717, 1.165) is 37.5 Å². The SMILES string of the molecule is CCCC(C)Oc1ccc(CNCC)c(C)n1. The summed E-state index contributed by atoms with van der Waals surface area (Å²) in [6.07, 6.45) is 2.45. The van der Waals surface area contributed by atoms with E-state index in [1.54, 1.807) is 0 Å². The summed E-state index contributed by atoms with van der Waals surface area (Å²) in [6, 6.07) is 4.06. The molecule has 1 aromatic rings. The number of nitrogens with one attached hydrogen (secondary N) is 1. The van der Waals surface area contributed by atoms with Crippen LogP contribution in [0.25, 0.3) is 0 Å². The highest BCUT2D eigenvalue weighted by molar-refractivity contribution is 5.24. The van der Waals surface area contributed by atoms with E-state index >= 15 is 0 Å². The van der Waals surface area contributed by atoms with Crippen LogP contribution in [-0.2, 0) is 6.54 Å². The van der Waals surface area contributed by atoms with Gasteiger partial charge in [0.05, 0.1) is 6.10 Å². The maximum atomic E-state index is 5.76. The molecule has 1 rings (SSSR count). The molecule has 0 bridgehead atoms. The molecular weight excluding hydrogens is 212 g/mol. The first-order valence-electron chi connectivity index (χ1n) is 6.51. The summed E-state index contributed by atoms with van der Waals surface area (Å²) in [5.74, 6) is 0.740. The molecule has 0 fully saturated rings. The molecule has 1 aromatic heterocycles. The van der Waals surface area contributed by atoms with Gasteiger partial charge in [-0.15, -0.1) is 0 Å². The fraction of sp³-hybridized carbons (Fsp3) is 0.643. The van der Waals surface area contributed by atoms with Crippen molar-refractivity contribution in [3.63, 3.8) is 0 Å². The lowest BCUT2D eigenvalue weighted by atomic mass is 10.2. The van der Waals surface area contributed by atoms with Crippen LogP contribution < -0.4 is 10.1 Å². The molecule has 1 unspecified atom stereocenters. The Morgan fingerprint density at radius 3 is 2.71 bits per heavy atom. The molecule has 0 aliphatic carbocycles. The van der Waals surface area contributed by atoms with Gasteiger partial charge in [0.25, 0.3) is 0 Å². The third-order valence-electron chi connectivity index (χ3n) is 2.75. The first kappa shape index (κ1) is 14.0. The lowest BCUT2D eigenvalue weighted by molar-refractivity contribution is 0.201. The maximum absolute atomic E-state index is 5.76. The summed E-state index contributed by atoms with van der Waals surface area (Å²) < 4.78 is 5.76. The van der Waals surface area contributed by atoms with Crippen LogP contribution in [0.1, 0.15) is 44.9 Å². The monoisotopic (exact) mass is 236 g/mol. The first-order chi connectivity index (χ1) is 8.17. The fourth-order valence-electron chi connectivity index (χ4n) is 1.75. The molecule has 0 saturated carbocycles. The van der Waals surface area contributed by atoms with Crippen molar-refractivity contribution in [2.24, 2.45) is 0 Å². The van der Waals surface area contributed by atoms with Gasteiger partial charge in [-0.25, -0.2) is 4.98 Å². The third-order valence-corrected chi connectivity index (χ3v) is 2.75. The summed E-state index contributed by atoms with van der Waals surface area (Å²) in [6.45, 7) is 10.2. The Labute approximate surface area is 105 Å². The minimum atomic E-state index is 0.242. The minimum absolute atomic E-state index is 0.242. The molecule has 0 aliphatic rings. The highest BCUT2D eigenvalue weighted by Gasteiger charge is 2.06. The van der Waals surface area contributed by atoms with Gasteiger partial charge in [0.1, 0.15) is 0 Å². The lowest BCUT2D eigenvalue weighted by Gasteiger charge is -2.14. The second kappa shape index (κ2) is 7.28. The van der Waals surface area contributed by atoms with Gasteiger partial charge in [-0.2, -0.15) is 0 Å². The molecule has 3 nitrogen and oxygen atoms in total. The van der Waals surface area contributed by atoms with Crippen LogP contribution in [-0.4, -0.2) is 17.6 Å². The summed E-state index contributed by atoms with van der Waals surface area (Å²) in [5.41, 5.74) is 2.29. The fourth-order valence-corrected chi connectivity index (χ4v) is 1.75. The molecule has 0 radical (unpaired) electrons. The normalized spacial score (nSPS) is 12.5. The average Bonchev–Trinajstić information content (AvgIpc) is 2.28. The Balaban J connectivity index is 2.61. The molecule has 0 amide bonds. The van der Waals surface area contributed by atoms with E-state index < -0.39 is 0 Å². The standard InChI is InChI=1S/C14H24N2O/c1-5-7-11(3)17-14-9-8-13(10-15-6-2)12(4)16-14/h8-9,11,15H,5-7,10H2,1-4H3. The van der Waals surface area contributed by atoms with E-state index in [0.29, 0.717) is 0 Å². The predicted molar refractivity (Wildman–Crippen MR) is 71.4 cm³/mol. The Kier molecular flexibility index (Phi) is 5.98. The van der Waals surface area contributed by atoms with Crippen LogP contribution in [0.5, 0.6) is 5.88 Å². The van der Waals surface area contributed by atoms with Crippen molar-refractivity contribution in [3.8, 4) is 5.88 Å². The molecule has 3 heteroatoms. The van der Waals surface area contributed by atoms with E-state index in [1.807, 2.05) is 13.0 Å². The number of nitrogens with zero attached hydrogens (tertiary/aromatic N) is 1. The zero-order valence-electron chi connectivity index (χ0n) is 11.4. The minimum Gasteiger partial charge on any atom is -0.475 e. The van der Waals surface area contributed by atoms with Crippen molar-refractivity contribution in [1.29, 1.82) is 0 Å². The van der Waals surface area contributed by atoms with Crippen LogP contribution in [0.4, 0.5) is 0 Å². The highest BCUT2D eigenvalue weighted by Crippen LogP contribution is 2.15. The van der Waals surface area contributed by atoms with Crippen LogP contribution in [0, 0.1) is 6.92 Å². The van der Waals surface area contributed by atoms with E-state index in [-0.39, 0.29) is 6.10 Å². The first-order valence-corrected chi connectivity index (χ1v) is 6.51. The van der Waals surface area contributed by atoms with Gasteiger partial charge < -0.3 is 10.1 Å². The topological polar surface area (TPSA) is 34.1 Å². The zero-order valence-corrected chi connectivity index (χ0v) is 11.4. The largest absolute Gasteiger partial charge is 0.475 e. The van der Waals surface area contributed by atoms with Crippen molar-refractivity contribution in [3.05, 3.63) is 23.4 Å². The summed E-state index contributed by atoms with van der Waals surface area (Å²) in [4.78, 5) is 4.49. The zero-order chi connectivity index (χ0) is 12.7. The Morgan fingerprint density at radius 1 is 1.35 bits per heavy atom. The molecule has 1 atom stereocenters. The second-order valence-corrected chi connectivity index (χ2v) is 4.39. The lowest BCUT2D eigenvalue weighted by Crippen LogP contribution is -2.15. The van der Waals surface area contributed by atoms with Crippen molar-refractivity contribution >= 4 is 0 Å². The van der Waals surface area contributed by atoms with E-state index in [1.165, 1.54) is 5.56 Å². The van der Waals surface area contributed by atoms with Gasteiger partial charge in [-0.1, -0.05) is 26.3 Å². The predicted octanol–water partition coefficient (Wildman–Crippen LogP) is 3.07. The number of ether oxygens (including phenoxy) is 1. The third kappa shape index (κ3) is 4.73. The Morgan fingerprint density at radius 2 is 2.12 bits per heavy atom. The molecule has 17 heavy (non-hydrogen) atoms. The molecular formula is C14H24N2O. The number of rotatable bonds is 7.